The average Bonchev–Trinajstić information content (AvgIpc) is 3.74. The van der Waals surface area contributed by atoms with Crippen molar-refractivity contribution in [2.45, 2.75) is 37.5 Å². The molecule has 3 heteroatoms. The number of para-hydroxylation sites is 3. The van der Waals surface area contributed by atoms with E-state index < -0.39 is 0 Å². The Balaban J connectivity index is 1.27. The Bertz CT molecular complexity index is 2680. The molecule has 246 valence electrons. The topological polar surface area (TPSA) is 8.17 Å². The summed E-state index contributed by atoms with van der Waals surface area (Å²) in [4.78, 5) is 2.55. The van der Waals surface area contributed by atoms with Crippen LogP contribution in [0.3, 0.4) is 0 Å². The van der Waals surface area contributed by atoms with Crippen molar-refractivity contribution in [2.24, 2.45) is 0 Å². The molecular weight excluding hydrogens is 637 g/mol. The lowest BCUT2D eigenvalue weighted by molar-refractivity contribution is 0.346. The first-order chi connectivity index (χ1) is 25.3. The highest BCUT2D eigenvalue weighted by Crippen LogP contribution is 2.51. The van der Waals surface area contributed by atoms with Crippen LogP contribution >= 0.6 is 11.3 Å². The molecule has 0 aliphatic heterocycles. The van der Waals surface area contributed by atoms with E-state index in [-0.39, 0.29) is 5.41 Å². The van der Waals surface area contributed by atoms with Gasteiger partial charge < -0.3 is 9.47 Å². The first-order valence-corrected chi connectivity index (χ1v) is 19.1. The van der Waals surface area contributed by atoms with E-state index in [4.69, 9.17) is 0 Å². The van der Waals surface area contributed by atoms with Crippen LogP contribution < -0.4 is 4.90 Å². The second-order valence-electron chi connectivity index (χ2n) is 14.0. The lowest BCUT2D eigenvalue weighted by Gasteiger charge is -2.41. The predicted molar refractivity (Wildman–Crippen MR) is 219 cm³/mol. The first kappa shape index (κ1) is 30.2. The van der Waals surface area contributed by atoms with Gasteiger partial charge in [0.1, 0.15) is 0 Å². The van der Waals surface area contributed by atoms with Crippen LogP contribution in [0.1, 0.15) is 43.2 Å². The van der Waals surface area contributed by atoms with Gasteiger partial charge >= 0.3 is 0 Å². The standard InChI is InChI=1S/C48H38N2S/c1-4-16-34(17-5-1)48(30-14-3-15-31-48)42-22-10-12-24-44(42)49(36-27-29-47-41(32-36)40-21-9-13-25-46(40)51-47)37-26-28-39-38-20-8-11-23-43(38)50(45(39)33-37)35-18-6-2-7-19-35/h1-2,4-13,16-29,32-33H,3,14-15,30-31H2. The molecule has 1 aliphatic carbocycles. The molecule has 10 rings (SSSR count). The Morgan fingerprint density at radius 1 is 0.471 bits per heavy atom. The van der Waals surface area contributed by atoms with Crippen molar-refractivity contribution in [2.75, 3.05) is 4.90 Å². The van der Waals surface area contributed by atoms with Crippen molar-refractivity contribution < 1.29 is 0 Å². The molecule has 0 spiro atoms. The summed E-state index contributed by atoms with van der Waals surface area (Å²) in [6.45, 7) is 0. The third-order valence-corrected chi connectivity index (χ3v) is 12.4. The highest BCUT2D eigenvalue weighted by atomic mass is 32.1. The SMILES string of the molecule is c1ccc(-n2c3ccccc3c3ccc(N(c4ccc5sc6ccccc6c5c4)c4ccccc4C4(c5ccccc5)CCCCC4)cc32)cc1. The second kappa shape index (κ2) is 12.3. The van der Waals surface area contributed by atoms with E-state index in [1.165, 1.54) is 89.4 Å². The molecular formula is C48H38N2S. The molecule has 2 aromatic heterocycles. The summed E-state index contributed by atoms with van der Waals surface area (Å²) in [7, 11) is 0. The minimum atomic E-state index is -0.0590. The van der Waals surface area contributed by atoms with E-state index in [0.29, 0.717) is 0 Å². The van der Waals surface area contributed by atoms with E-state index in [9.17, 15) is 0 Å². The number of aromatic nitrogens is 1. The predicted octanol–water partition coefficient (Wildman–Crippen LogP) is 13.9. The van der Waals surface area contributed by atoms with Gasteiger partial charge in [0, 0.05) is 53.4 Å². The van der Waals surface area contributed by atoms with Gasteiger partial charge in [0.25, 0.3) is 0 Å². The molecule has 0 radical (unpaired) electrons. The Kier molecular flexibility index (Phi) is 7.28. The molecule has 7 aromatic carbocycles. The van der Waals surface area contributed by atoms with E-state index in [1.54, 1.807) is 0 Å². The number of thiophene rings is 1. The number of fused-ring (bicyclic) bond motifs is 6. The van der Waals surface area contributed by atoms with E-state index in [0.717, 1.165) is 18.5 Å². The number of hydrogen-bond acceptors (Lipinski definition) is 2. The summed E-state index contributed by atoms with van der Waals surface area (Å²) in [5.41, 5.74) is 9.97. The van der Waals surface area contributed by atoms with Crippen LogP contribution in [-0.4, -0.2) is 4.57 Å². The number of nitrogens with zero attached hydrogens (tertiary/aromatic N) is 2. The second-order valence-corrected chi connectivity index (χ2v) is 15.1. The van der Waals surface area contributed by atoms with Crippen LogP contribution in [-0.2, 0) is 5.41 Å². The van der Waals surface area contributed by atoms with Crippen LogP contribution in [0.4, 0.5) is 17.1 Å². The quantitative estimate of drug-likeness (QED) is 0.170. The Morgan fingerprint density at radius 2 is 1.10 bits per heavy atom. The lowest BCUT2D eigenvalue weighted by Crippen LogP contribution is -2.32. The van der Waals surface area contributed by atoms with Gasteiger partial charge in [-0.15, -0.1) is 11.3 Å². The number of benzene rings is 7. The fourth-order valence-electron chi connectivity index (χ4n) is 8.93. The fourth-order valence-corrected chi connectivity index (χ4v) is 10.0. The Hall–Kier alpha value is -5.64. The Labute approximate surface area is 302 Å². The zero-order valence-electron chi connectivity index (χ0n) is 28.5. The van der Waals surface area contributed by atoms with Gasteiger partial charge in [0.2, 0.25) is 0 Å². The largest absolute Gasteiger partial charge is 0.310 e. The van der Waals surface area contributed by atoms with Crippen molar-refractivity contribution in [1.29, 1.82) is 0 Å². The molecule has 0 unspecified atom stereocenters. The van der Waals surface area contributed by atoms with E-state index >= 15 is 0 Å². The third kappa shape index (κ3) is 4.91. The maximum atomic E-state index is 2.55. The van der Waals surface area contributed by atoms with Crippen molar-refractivity contribution in [3.8, 4) is 5.69 Å². The normalized spacial score (nSPS) is 14.4. The van der Waals surface area contributed by atoms with Gasteiger partial charge in [-0.3, -0.25) is 0 Å². The third-order valence-electron chi connectivity index (χ3n) is 11.2. The van der Waals surface area contributed by atoms with Crippen molar-refractivity contribution >= 4 is 70.4 Å². The van der Waals surface area contributed by atoms with Crippen LogP contribution in [0.15, 0.2) is 170 Å². The average molecular weight is 675 g/mol. The van der Waals surface area contributed by atoms with Crippen LogP contribution in [0.5, 0.6) is 0 Å². The summed E-state index contributed by atoms with van der Waals surface area (Å²) < 4.78 is 5.08. The minimum absolute atomic E-state index is 0.0590. The molecule has 0 saturated heterocycles. The van der Waals surface area contributed by atoms with Gasteiger partial charge in [0.15, 0.2) is 0 Å². The smallest absolute Gasteiger partial charge is 0.0561 e. The maximum absolute atomic E-state index is 2.55. The molecule has 0 N–H and O–H groups in total. The molecule has 1 aliphatic rings. The highest BCUT2D eigenvalue weighted by Gasteiger charge is 2.38. The molecule has 2 nitrogen and oxygen atoms in total. The summed E-state index contributed by atoms with van der Waals surface area (Å²) in [5.74, 6) is 0. The molecule has 1 saturated carbocycles. The number of rotatable bonds is 6. The summed E-state index contributed by atoms with van der Waals surface area (Å²) in [5, 5.41) is 5.16. The first-order valence-electron chi connectivity index (χ1n) is 18.2. The van der Waals surface area contributed by atoms with Crippen molar-refractivity contribution in [1.82, 2.24) is 4.57 Å². The minimum Gasteiger partial charge on any atom is -0.310 e. The van der Waals surface area contributed by atoms with Gasteiger partial charge in [0.05, 0.1) is 16.7 Å². The molecule has 1 fully saturated rings. The van der Waals surface area contributed by atoms with Gasteiger partial charge in [-0.2, -0.15) is 0 Å². The van der Waals surface area contributed by atoms with Crippen LogP contribution in [0.2, 0.25) is 0 Å². The van der Waals surface area contributed by atoms with Gasteiger partial charge in [-0.05, 0) is 84.6 Å². The zero-order valence-corrected chi connectivity index (χ0v) is 29.3. The number of anilines is 3. The van der Waals surface area contributed by atoms with Crippen LogP contribution in [0.25, 0.3) is 47.7 Å². The molecule has 2 heterocycles. The number of hydrogen-bond donors (Lipinski definition) is 0. The maximum Gasteiger partial charge on any atom is 0.0561 e. The monoisotopic (exact) mass is 674 g/mol. The summed E-state index contributed by atoms with van der Waals surface area (Å²) >= 11 is 1.88. The molecule has 0 atom stereocenters. The van der Waals surface area contributed by atoms with Gasteiger partial charge in [-0.25, -0.2) is 0 Å². The summed E-state index contributed by atoms with van der Waals surface area (Å²) in [6, 6.07) is 63.2. The van der Waals surface area contributed by atoms with E-state index in [2.05, 4.69) is 179 Å². The fraction of sp³-hybridized carbons (Fsp3) is 0.125. The molecule has 51 heavy (non-hydrogen) atoms. The lowest BCUT2D eigenvalue weighted by atomic mass is 9.64. The molecule has 0 bridgehead atoms. The molecule has 0 amide bonds. The summed E-state index contributed by atoms with van der Waals surface area (Å²) in [6.07, 6.45) is 6.07. The van der Waals surface area contributed by atoms with E-state index in [1.807, 2.05) is 11.3 Å². The highest BCUT2D eigenvalue weighted by molar-refractivity contribution is 7.25. The van der Waals surface area contributed by atoms with Gasteiger partial charge in [-0.1, -0.05) is 128 Å². The van der Waals surface area contributed by atoms with Crippen LogP contribution in [0, 0.1) is 0 Å². The zero-order chi connectivity index (χ0) is 33.8. The van der Waals surface area contributed by atoms with Crippen molar-refractivity contribution in [3.63, 3.8) is 0 Å². The van der Waals surface area contributed by atoms with Crippen molar-refractivity contribution in [3.05, 3.63) is 181 Å². The Morgan fingerprint density at radius 3 is 1.94 bits per heavy atom. The molecule has 9 aromatic rings.